The van der Waals surface area contributed by atoms with E-state index in [1.54, 1.807) is 0 Å². The Balaban J connectivity index is 1.24. The molecular formula is C55H98N2O58P4. The average Bonchev–Trinajstić information content (AvgIpc) is 0.738. The zero-order valence-corrected chi connectivity index (χ0v) is 64.2. The van der Waals surface area contributed by atoms with Crippen LogP contribution >= 0.6 is 31.3 Å². The van der Waals surface area contributed by atoms with Crippen molar-refractivity contribution < 1.29 is 284 Å². The zero-order chi connectivity index (χ0) is 89.3. The number of aliphatic hydroxyl groups is 23. The minimum atomic E-state index is -6.32. The van der Waals surface area contributed by atoms with Gasteiger partial charge in [-0.1, -0.05) is 0 Å². The molecule has 0 unspecified atom stereocenters. The van der Waals surface area contributed by atoms with E-state index in [0.29, 0.717) is 0 Å². The van der Waals surface area contributed by atoms with Crippen LogP contribution < -0.4 is 11.5 Å². The van der Waals surface area contributed by atoms with Crippen LogP contribution in [0.15, 0.2) is 0 Å². The highest BCUT2D eigenvalue weighted by Crippen LogP contribution is 2.50. The fourth-order valence-electron chi connectivity index (χ4n) is 13.9. The van der Waals surface area contributed by atoms with Gasteiger partial charge in [-0.3, -0.25) is 18.1 Å². The first-order chi connectivity index (χ1) is 55.1. The summed E-state index contributed by atoms with van der Waals surface area (Å²) < 4.78 is 154. The molecule has 8 heterocycles. The largest absolute Gasteiger partial charge is 0.477 e. The summed E-state index contributed by atoms with van der Waals surface area (Å²) >= 11 is 0. The van der Waals surface area contributed by atoms with Crippen molar-refractivity contribution in [1.82, 2.24) is 0 Å². The minimum Gasteiger partial charge on any atom is -0.477 e. The summed E-state index contributed by atoms with van der Waals surface area (Å²) in [5.74, 6) is -12.6. The maximum Gasteiger partial charge on any atom is 0.471 e. The van der Waals surface area contributed by atoms with Crippen LogP contribution in [0, 0.1) is 0 Å². The molecule has 0 spiro atoms. The third-order valence-electron chi connectivity index (χ3n) is 19.9. The molecule has 0 aromatic carbocycles. The highest BCUT2D eigenvalue weighted by molar-refractivity contribution is 7.47. The predicted molar refractivity (Wildman–Crippen MR) is 352 cm³/mol. The fourth-order valence-corrected chi connectivity index (χ4v) is 16.0. The van der Waals surface area contributed by atoms with Gasteiger partial charge in [0.2, 0.25) is 0 Å². The maximum absolute atomic E-state index is 14.1. The Hall–Kier alpha value is -2.22. The van der Waals surface area contributed by atoms with E-state index in [4.69, 9.17) is 96.1 Å². The maximum atomic E-state index is 14.1. The molecule has 8 saturated heterocycles. The van der Waals surface area contributed by atoms with Gasteiger partial charge < -0.3 is 249 Å². The van der Waals surface area contributed by atoms with Crippen LogP contribution in [0.2, 0.25) is 0 Å². The predicted octanol–water partition coefficient (Wildman–Crippen LogP) is -20.3. The SMILES string of the molecule is N[C@H]1[C@@H](OP(=O)(O)O)O[C@H](CO[C@@H]2O[C@H](CO[C@]3(C(=O)O)C[C@@H](O[C@]4(C(=O)O)C[C@@H](O)[C@@H](O)[C@@H]([C@H](O)CO)O4)[C@@H](O[C@H]4O[C@H]([C@@H](O)CO)[C@@H](OP(=O)(O)O)[C@H](O[C@H]5O[C@H]([C@@H](O)CO[C@H]6O[C@H]([C@@H](O)CO)[C@@H](O)[C@H](O)[C@@H]6O)[C@@H](OP(=O)(O)O)[C@H](O[C@H]6O[C@H](CO)[C@@H](O)[C@H](O)[C@H]6O)[C@@H]5O)[C@@H]4O)[C@@H]([C@H](O)CO)O3)[C@@H](OP(=O)(O)O)[C@H](O)[C@H]2N)[C@@H](O)[C@@H]1O. The Morgan fingerprint density at radius 3 is 1.29 bits per heavy atom. The number of nitrogens with two attached hydrogens (primary N) is 2. The molecule has 64 heteroatoms. The zero-order valence-electron chi connectivity index (χ0n) is 60.7. The van der Waals surface area contributed by atoms with E-state index in [2.05, 4.69) is 4.52 Å². The number of phosphoric ester groups is 4. The molecule has 8 aliphatic rings. The number of phosphoric acid groups is 4. The van der Waals surface area contributed by atoms with E-state index in [-0.39, 0.29) is 0 Å². The van der Waals surface area contributed by atoms with Crippen molar-refractivity contribution in [3.63, 3.8) is 0 Å². The van der Waals surface area contributed by atoms with Crippen LogP contribution in [0.25, 0.3) is 0 Å². The molecule has 60 nitrogen and oxygen atoms in total. The van der Waals surface area contributed by atoms with Crippen molar-refractivity contribution in [2.24, 2.45) is 11.5 Å². The first-order valence-corrected chi connectivity index (χ1v) is 41.3. The molecule has 0 aromatic rings. The molecular weight excluding hydrogens is 1740 g/mol. The van der Waals surface area contributed by atoms with Gasteiger partial charge in [-0.15, -0.1) is 0 Å². The summed E-state index contributed by atoms with van der Waals surface area (Å²) in [6.45, 7) is -11.7. The molecule has 696 valence electrons. The number of ether oxygens (including phenoxy) is 15. The molecule has 0 aliphatic carbocycles. The molecule has 8 aliphatic heterocycles. The number of rotatable bonds is 37. The summed E-state index contributed by atoms with van der Waals surface area (Å²) in [6.07, 6.45) is -104. The van der Waals surface area contributed by atoms with E-state index in [1.807, 2.05) is 0 Å². The molecule has 0 amide bonds. The lowest BCUT2D eigenvalue weighted by molar-refractivity contribution is -0.408. The standard InChI is InChI=1S/C55H98N2O58P4/c56-21-26(72)25(71)19(101-47(21)115-119(94,95)96)9-98-46-22(57)27(73)40(112-116(85,86)87)20(102-46)10-99-54(52(81)82)2-17(109-55(53(83)84)1-11(63)23(69)36(110-55)13(65)4-59)41(39(111-54)15(67)6-61)106-50-33(79)42(44(113-117(88,89)90)37(104-50)14(66)5-60)108-51-34(80)43(107-49-32(78)28(74)24(70)18(7-62)100-49)45(114-118(91,92)93)38(105-51)16(68)8-97-48-31(77)29(75)30(76)35(103-48)12(64)3-58/h11-51,58-80H,1-10,56-57H2,(H,81,82)(H,83,84)(H2,85,86,87)(H2,88,89,90)(H2,91,92,93)(H2,94,95,96)/t11-,12+,13-,14+,15-,16+,17-,18-,19-,20-,21-,22-,23-,24-,25-,26-,27-,28+,29+,30+,31+,32-,33+,34+,35-,36-,37-,38-,39-,40-,41-,42-,43-,44-,45-,46-,47-,48+,49-,50-,51-,54-,55-/m1/s1. The number of carbonyl (C=O) groups is 2. The topological polar surface area (TPSA) is 997 Å². The number of aliphatic hydroxyl groups excluding tert-OH is 23. The third-order valence-corrected chi connectivity index (χ3v) is 22.0. The van der Waals surface area contributed by atoms with Gasteiger partial charge >= 0.3 is 43.2 Å². The fraction of sp³-hybridized carbons (Fsp3) is 0.964. The Labute approximate surface area is 665 Å². The minimum absolute atomic E-state index is 1.15. The molecule has 0 radical (unpaired) electrons. The molecule has 0 bridgehead atoms. The van der Waals surface area contributed by atoms with Crippen LogP contribution in [0.1, 0.15) is 12.8 Å². The van der Waals surface area contributed by atoms with Gasteiger partial charge in [0.25, 0.3) is 11.6 Å². The van der Waals surface area contributed by atoms with Crippen LogP contribution in [0.3, 0.4) is 0 Å². The van der Waals surface area contributed by atoms with E-state index < -0.39 is 372 Å². The Morgan fingerprint density at radius 1 is 0.370 bits per heavy atom. The lowest BCUT2D eigenvalue weighted by Gasteiger charge is -2.53. The number of aliphatic carboxylic acids is 2. The molecule has 119 heavy (non-hydrogen) atoms. The van der Waals surface area contributed by atoms with Crippen LogP contribution in [-0.4, -0.2) is 494 Å². The number of carboxylic acid groups (broad SMARTS) is 2. The van der Waals surface area contributed by atoms with Crippen LogP contribution in [-0.2, 0) is 117 Å². The monoisotopic (exact) mass is 1840 g/mol. The van der Waals surface area contributed by atoms with Crippen molar-refractivity contribution >= 4 is 43.2 Å². The summed E-state index contributed by atoms with van der Waals surface area (Å²) in [6, 6.07) is -4.01. The van der Waals surface area contributed by atoms with Gasteiger partial charge in [-0.25, -0.2) is 27.8 Å². The summed E-state index contributed by atoms with van der Waals surface area (Å²) in [5.41, 5.74) is 11.9. The highest BCUT2D eigenvalue weighted by Gasteiger charge is 2.66. The first-order valence-electron chi connectivity index (χ1n) is 35.1. The van der Waals surface area contributed by atoms with Crippen molar-refractivity contribution in [1.29, 1.82) is 0 Å². The number of hydrogen-bond acceptors (Lipinski definition) is 50. The van der Waals surface area contributed by atoms with Gasteiger partial charge in [0.15, 0.2) is 37.7 Å². The summed E-state index contributed by atoms with van der Waals surface area (Å²) in [4.78, 5) is 109. The van der Waals surface area contributed by atoms with E-state index in [1.165, 1.54) is 0 Å². The second-order valence-electron chi connectivity index (χ2n) is 28.3. The molecule has 0 aromatic heterocycles. The third kappa shape index (κ3) is 24.2. The Kier molecular flexibility index (Phi) is 35.6. The van der Waals surface area contributed by atoms with Crippen molar-refractivity contribution in [2.75, 3.05) is 52.9 Å². The van der Waals surface area contributed by atoms with Gasteiger partial charge in [0, 0.05) is 12.8 Å². The molecule has 8 rings (SSSR count). The van der Waals surface area contributed by atoms with Gasteiger partial charge in [0.1, 0.15) is 189 Å². The normalized spacial score (nSPS) is 45.0. The van der Waals surface area contributed by atoms with Crippen molar-refractivity contribution in [2.45, 2.75) is 276 Å². The molecule has 0 saturated carbocycles. The highest BCUT2D eigenvalue weighted by atomic mass is 31.2. The Morgan fingerprint density at radius 2 is 0.782 bits per heavy atom. The van der Waals surface area contributed by atoms with E-state index in [0.717, 1.165) is 0 Å². The summed E-state index contributed by atoms with van der Waals surface area (Å²) in [5, 5.41) is 275. The van der Waals surface area contributed by atoms with Crippen LogP contribution in [0.4, 0.5) is 0 Å². The Bertz CT molecular complexity index is 3440. The number of hydrogen-bond donors (Lipinski definition) is 35. The number of carboxylic acids is 2. The first kappa shape index (κ1) is 102. The van der Waals surface area contributed by atoms with Gasteiger partial charge in [-0.2, -0.15) is 0 Å². The van der Waals surface area contributed by atoms with Gasteiger partial charge in [-0.05, 0) is 0 Å². The van der Waals surface area contributed by atoms with E-state index >= 15 is 0 Å². The smallest absolute Gasteiger partial charge is 0.471 e. The lowest BCUT2D eigenvalue weighted by Crippen LogP contribution is -2.71. The quantitative estimate of drug-likeness (QED) is 0.0257. The molecule has 8 fully saturated rings. The molecule has 37 N–H and O–H groups in total. The van der Waals surface area contributed by atoms with E-state index in [9.17, 15) is 195 Å². The molecule has 43 atom stereocenters. The van der Waals surface area contributed by atoms with Crippen molar-refractivity contribution in [3.8, 4) is 0 Å². The van der Waals surface area contributed by atoms with Crippen LogP contribution in [0.5, 0.6) is 0 Å². The lowest BCUT2D eigenvalue weighted by atomic mass is 9.89. The van der Waals surface area contributed by atoms with Crippen molar-refractivity contribution in [3.05, 3.63) is 0 Å². The second-order valence-corrected chi connectivity index (χ2v) is 33.1. The van der Waals surface area contributed by atoms with Gasteiger partial charge in [0.05, 0.1) is 77.1 Å². The summed E-state index contributed by atoms with van der Waals surface area (Å²) in [7, 11) is -24.0. The average molecular weight is 1840 g/mol. The second kappa shape index (κ2) is 41.5.